The fourth-order valence-corrected chi connectivity index (χ4v) is 3.34. The molecule has 2 aliphatic carbocycles. The van der Waals surface area contributed by atoms with E-state index in [4.69, 9.17) is 11.5 Å². The third-order valence-electron chi connectivity index (χ3n) is 4.58. The lowest BCUT2D eigenvalue weighted by molar-refractivity contribution is 0.306. The van der Waals surface area contributed by atoms with Crippen molar-refractivity contribution in [3.8, 4) is 0 Å². The molecule has 0 saturated heterocycles. The molecule has 106 valence electrons. The van der Waals surface area contributed by atoms with E-state index < -0.39 is 0 Å². The Bertz CT molecular complexity index is 210. The van der Waals surface area contributed by atoms with Gasteiger partial charge in [-0.15, -0.1) is 0 Å². The van der Waals surface area contributed by atoms with Crippen LogP contribution in [-0.4, -0.2) is 37.3 Å². The van der Waals surface area contributed by atoms with Gasteiger partial charge in [-0.1, -0.05) is 25.7 Å². The number of nitrogens with one attached hydrogen (secondary N) is 2. The Hall–Kier alpha value is -0.160. The summed E-state index contributed by atoms with van der Waals surface area (Å²) in [6, 6.07) is 1.77. The van der Waals surface area contributed by atoms with Crippen LogP contribution in [0.5, 0.6) is 0 Å². The first-order valence-electron chi connectivity index (χ1n) is 7.75. The molecule has 2 saturated carbocycles. The molecule has 0 aromatic heterocycles. The Kier molecular flexibility index (Phi) is 5.89. The SMILES string of the molecule is N[C@@H]1CCCCC1NCCNC1CCCC[C@H]1N. The van der Waals surface area contributed by atoms with Crippen LogP contribution in [0.4, 0.5) is 0 Å². The second-order valence-corrected chi connectivity index (χ2v) is 6.02. The average Bonchev–Trinajstić information content (AvgIpc) is 2.38. The predicted octanol–water partition coefficient (Wildman–Crippen LogP) is 0.705. The molecule has 18 heavy (non-hydrogen) atoms. The first-order valence-corrected chi connectivity index (χ1v) is 7.75. The van der Waals surface area contributed by atoms with E-state index in [1.165, 1.54) is 51.4 Å². The van der Waals surface area contributed by atoms with Gasteiger partial charge in [-0.2, -0.15) is 0 Å². The highest BCUT2D eigenvalue weighted by molar-refractivity contribution is 4.86. The molecule has 2 rings (SSSR count). The van der Waals surface area contributed by atoms with Gasteiger partial charge >= 0.3 is 0 Å². The summed E-state index contributed by atoms with van der Waals surface area (Å²) in [5, 5.41) is 7.19. The molecule has 0 spiro atoms. The Balaban J connectivity index is 1.57. The fraction of sp³-hybridized carbons (Fsp3) is 1.00. The largest absolute Gasteiger partial charge is 0.326 e. The molecule has 0 heterocycles. The highest BCUT2D eigenvalue weighted by atomic mass is 15.0. The molecule has 0 aliphatic heterocycles. The summed E-state index contributed by atoms with van der Waals surface area (Å²) >= 11 is 0. The smallest absolute Gasteiger partial charge is 0.0219 e. The van der Waals surface area contributed by atoms with Gasteiger partial charge in [-0.05, 0) is 25.7 Å². The number of hydrogen-bond acceptors (Lipinski definition) is 4. The van der Waals surface area contributed by atoms with Crippen LogP contribution in [-0.2, 0) is 0 Å². The van der Waals surface area contributed by atoms with Crippen molar-refractivity contribution in [3.63, 3.8) is 0 Å². The van der Waals surface area contributed by atoms with Crippen molar-refractivity contribution in [2.24, 2.45) is 11.5 Å². The molecule has 0 bridgehead atoms. The van der Waals surface area contributed by atoms with Crippen molar-refractivity contribution in [1.29, 1.82) is 0 Å². The van der Waals surface area contributed by atoms with Crippen LogP contribution in [0.1, 0.15) is 51.4 Å². The lowest BCUT2D eigenvalue weighted by atomic mass is 9.90. The molecular formula is C14H30N4. The molecule has 2 unspecified atom stereocenters. The van der Waals surface area contributed by atoms with E-state index in [9.17, 15) is 0 Å². The monoisotopic (exact) mass is 254 g/mol. The maximum absolute atomic E-state index is 6.12. The van der Waals surface area contributed by atoms with Gasteiger partial charge in [0.1, 0.15) is 0 Å². The standard InChI is InChI=1S/C14H30N4/c15-11-5-1-3-7-13(11)17-9-10-18-14-8-4-2-6-12(14)16/h11-14,17-18H,1-10,15-16H2/t11-,12-,13?,14?/m1/s1. The van der Waals surface area contributed by atoms with Gasteiger partial charge in [0.25, 0.3) is 0 Å². The van der Waals surface area contributed by atoms with Crippen molar-refractivity contribution < 1.29 is 0 Å². The summed E-state index contributed by atoms with van der Waals surface area (Å²) in [5.74, 6) is 0. The lowest BCUT2D eigenvalue weighted by Gasteiger charge is -2.31. The first-order chi connectivity index (χ1) is 8.77. The lowest BCUT2D eigenvalue weighted by Crippen LogP contribution is -2.51. The molecule has 6 N–H and O–H groups in total. The van der Waals surface area contributed by atoms with Crippen LogP contribution in [0.15, 0.2) is 0 Å². The molecule has 2 fully saturated rings. The topological polar surface area (TPSA) is 76.1 Å². The summed E-state index contributed by atoms with van der Waals surface area (Å²) in [6.45, 7) is 2.03. The summed E-state index contributed by atoms with van der Waals surface area (Å²) in [6.07, 6.45) is 10.1. The average molecular weight is 254 g/mol. The van der Waals surface area contributed by atoms with Gasteiger partial charge in [0.05, 0.1) is 0 Å². The van der Waals surface area contributed by atoms with E-state index in [0.717, 1.165) is 13.1 Å². The van der Waals surface area contributed by atoms with Gasteiger partial charge in [0.15, 0.2) is 0 Å². The first kappa shape index (κ1) is 14.3. The van der Waals surface area contributed by atoms with E-state index in [0.29, 0.717) is 24.2 Å². The molecule has 4 nitrogen and oxygen atoms in total. The highest BCUT2D eigenvalue weighted by Gasteiger charge is 2.22. The van der Waals surface area contributed by atoms with Gasteiger partial charge in [0.2, 0.25) is 0 Å². The third kappa shape index (κ3) is 4.19. The van der Waals surface area contributed by atoms with Crippen LogP contribution < -0.4 is 22.1 Å². The molecule has 0 aromatic rings. The van der Waals surface area contributed by atoms with Crippen molar-refractivity contribution >= 4 is 0 Å². The van der Waals surface area contributed by atoms with Crippen molar-refractivity contribution in [2.75, 3.05) is 13.1 Å². The quantitative estimate of drug-likeness (QED) is 0.545. The molecule has 0 radical (unpaired) electrons. The maximum Gasteiger partial charge on any atom is 0.0219 e. The van der Waals surface area contributed by atoms with Crippen molar-refractivity contribution in [1.82, 2.24) is 10.6 Å². The minimum atomic E-state index is 0.357. The van der Waals surface area contributed by atoms with Crippen molar-refractivity contribution in [3.05, 3.63) is 0 Å². The van der Waals surface area contributed by atoms with Crippen molar-refractivity contribution in [2.45, 2.75) is 75.5 Å². The number of rotatable bonds is 5. The molecule has 0 amide bonds. The normalized spacial score (nSPS) is 37.7. The van der Waals surface area contributed by atoms with Crippen LogP contribution in [0, 0.1) is 0 Å². The molecule has 4 atom stereocenters. The maximum atomic E-state index is 6.12. The van der Waals surface area contributed by atoms with Gasteiger partial charge in [0, 0.05) is 37.3 Å². The predicted molar refractivity (Wildman–Crippen MR) is 76.5 cm³/mol. The highest BCUT2D eigenvalue weighted by Crippen LogP contribution is 2.17. The number of hydrogen-bond donors (Lipinski definition) is 4. The molecule has 0 aromatic carbocycles. The van der Waals surface area contributed by atoms with Crippen LogP contribution in [0.25, 0.3) is 0 Å². The second kappa shape index (κ2) is 7.43. The summed E-state index contributed by atoms with van der Waals surface area (Å²) in [5.41, 5.74) is 12.2. The Morgan fingerprint density at radius 2 is 1.06 bits per heavy atom. The van der Waals surface area contributed by atoms with Crippen LogP contribution in [0.2, 0.25) is 0 Å². The van der Waals surface area contributed by atoms with E-state index in [2.05, 4.69) is 10.6 Å². The zero-order valence-electron chi connectivity index (χ0n) is 11.5. The Morgan fingerprint density at radius 3 is 1.44 bits per heavy atom. The summed E-state index contributed by atoms with van der Waals surface area (Å²) < 4.78 is 0. The van der Waals surface area contributed by atoms with E-state index >= 15 is 0 Å². The van der Waals surface area contributed by atoms with Gasteiger partial charge < -0.3 is 22.1 Å². The zero-order chi connectivity index (χ0) is 12.8. The zero-order valence-corrected chi connectivity index (χ0v) is 11.5. The summed E-state index contributed by atoms with van der Waals surface area (Å²) in [4.78, 5) is 0. The molecule has 4 heteroatoms. The fourth-order valence-electron chi connectivity index (χ4n) is 3.34. The number of nitrogens with two attached hydrogens (primary N) is 2. The van der Waals surface area contributed by atoms with Crippen LogP contribution >= 0.6 is 0 Å². The minimum absolute atomic E-state index is 0.357. The molecular weight excluding hydrogens is 224 g/mol. The van der Waals surface area contributed by atoms with E-state index in [1.54, 1.807) is 0 Å². The van der Waals surface area contributed by atoms with Gasteiger partial charge in [-0.25, -0.2) is 0 Å². The van der Waals surface area contributed by atoms with E-state index in [-0.39, 0.29) is 0 Å². The second-order valence-electron chi connectivity index (χ2n) is 6.02. The van der Waals surface area contributed by atoms with Crippen LogP contribution in [0.3, 0.4) is 0 Å². The van der Waals surface area contributed by atoms with E-state index in [1.807, 2.05) is 0 Å². The molecule has 2 aliphatic rings. The Labute approximate surface area is 111 Å². The minimum Gasteiger partial charge on any atom is -0.326 e. The van der Waals surface area contributed by atoms with Gasteiger partial charge in [-0.3, -0.25) is 0 Å². The third-order valence-corrected chi connectivity index (χ3v) is 4.58. The summed E-state index contributed by atoms with van der Waals surface area (Å²) in [7, 11) is 0. The Morgan fingerprint density at radius 1 is 0.667 bits per heavy atom.